The molecule has 122 valence electrons. The molecule has 0 atom stereocenters. The number of nitrogens with two attached hydrogens (primary N) is 1. The molecule has 1 heterocycles. The van der Waals surface area contributed by atoms with E-state index in [-0.39, 0.29) is 5.91 Å². The highest BCUT2D eigenvalue weighted by Gasteiger charge is 2.22. The predicted octanol–water partition coefficient (Wildman–Crippen LogP) is 3.39. The van der Waals surface area contributed by atoms with Crippen molar-refractivity contribution in [3.05, 3.63) is 0 Å². The molecule has 0 saturated carbocycles. The van der Waals surface area contributed by atoms with Crippen LogP contribution in [-0.2, 0) is 9.59 Å². The summed E-state index contributed by atoms with van der Waals surface area (Å²) in [5.41, 5.74) is 5.10. The molecule has 0 aliphatic carbocycles. The van der Waals surface area contributed by atoms with Crippen LogP contribution in [-0.4, -0.2) is 29.8 Å². The summed E-state index contributed by atoms with van der Waals surface area (Å²) in [7, 11) is 0. The number of amides is 2. The maximum Gasteiger partial charge on any atom is 0.222 e. The third-order valence-corrected chi connectivity index (χ3v) is 4.11. The fourth-order valence-corrected chi connectivity index (χ4v) is 2.62. The standard InChI is InChI=1S/C17H32N2O2/c18-16(20)12-10-8-6-4-2-1-3-5-7-9-11-13-17(21)19-14-15-19/h1-15H2,(H2,18,20). The van der Waals surface area contributed by atoms with Crippen molar-refractivity contribution < 1.29 is 9.59 Å². The average molecular weight is 296 g/mol. The number of nitrogens with zero attached hydrogens (tertiary/aromatic N) is 1. The molecule has 1 aliphatic heterocycles. The summed E-state index contributed by atoms with van der Waals surface area (Å²) in [6, 6.07) is 0. The van der Waals surface area contributed by atoms with Gasteiger partial charge < -0.3 is 10.6 Å². The zero-order chi connectivity index (χ0) is 15.3. The van der Waals surface area contributed by atoms with E-state index in [1.165, 1.54) is 51.4 Å². The van der Waals surface area contributed by atoms with Crippen molar-refractivity contribution in [2.24, 2.45) is 5.73 Å². The number of unbranched alkanes of at least 4 members (excludes halogenated alkanes) is 10. The first-order chi connectivity index (χ1) is 10.2. The van der Waals surface area contributed by atoms with E-state index >= 15 is 0 Å². The fraction of sp³-hybridized carbons (Fsp3) is 0.882. The van der Waals surface area contributed by atoms with Crippen LogP contribution < -0.4 is 5.73 Å². The summed E-state index contributed by atoms with van der Waals surface area (Å²) < 4.78 is 0. The van der Waals surface area contributed by atoms with Gasteiger partial charge in [0.05, 0.1) is 0 Å². The van der Waals surface area contributed by atoms with Crippen molar-refractivity contribution in [1.82, 2.24) is 4.90 Å². The molecule has 1 rings (SSSR count). The number of carbonyl (C=O) groups excluding carboxylic acids is 2. The van der Waals surface area contributed by atoms with Gasteiger partial charge in [0.15, 0.2) is 0 Å². The van der Waals surface area contributed by atoms with Crippen LogP contribution in [0.4, 0.5) is 0 Å². The van der Waals surface area contributed by atoms with Crippen LogP contribution in [0.15, 0.2) is 0 Å². The normalized spacial score (nSPS) is 13.4. The molecule has 1 aliphatic rings. The van der Waals surface area contributed by atoms with E-state index in [0.29, 0.717) is 12.3 Å². The molecule has 0 unspecified atom stereocenters. The second-order valence-corrected chi connectivity index (χ2v) is 6.24. The van der Waals surface area contributed by atoms with Gasteiger partial charge in [-0.3, -0.25) is 9.59 Å². The molecule has 0 bridgehead atoms. The van der Waals surface area contributed by atoms with Crippen LogP contribution in [0.1, 0.15) is 83.5 Å². The van der Waals surface area contributed by atoms with E-state index < -0.39 is 0 Å². The Labute approximate surface area is 129 Å². The quantitative estimate of drug-likeness (QED) is 0.394. The van der Waals surface area contributed by atoms with E-state index in [9.17, 15) is 9.59 Å². The van der Waals surface area contributed by atoms with Crippen molar-refractivity contribution in [3.8, 4) is 0 Å². The molecule has 21 heavy (non-hydrogen) atoms. The van der Waals surface area contributed by atoms with Crippen LogP contribution in [0.25, 0.3) is 0 Å². The average Bonchev–Trinajstić information content (AvgIpc) is 3.28. The first kappa shape index (κ1) is 18.0. The van der Waals surface area contributed by atoms with Crippen molar-refractivity contribution in [3.63, 3.8) is 0 Å². The highest BCUT2D eigenvalue weighted by Crippen LogP contribution is 2.14. The van der Waals surface area contributed by atoms with E-state index in [0.717, 1.165) is 38.8 Å². The van der Waals surface area contributed by atoms with Crippen molar-refractivity contribution >= 4 is 11.8 Å². The topological polar surface area (TPSA) is 63.2 Å². The first-order valence-corrected chi connectivity index (χ1v) is 8.76. The molecule has 1 saturated heterocycles. The number of hydrogen-bond donors (Lipinski definition) is 1. The van der Waals surface area contributed by atoms with Gasteiger partial charge in [-0.1, -0.05) is 57.8 Å². The molecule has 0 radical (unpaired) electrons. The van der Waals surface area contributed by atoms with Crippen molar-refractivity contribution in [2.75, 3.05) is 13.1 Å². The summed E-state index contributed by atoms with van der Waals surface area (Å²) in [5, 5.41) is 0. The lowest BCUT2D eigenvalue weighted by Crippen LogP contribution is -2.09. The number of carbonyl (C=O) groups is 2. The summed E-state index contributed by atoms with van der Waals surface area (Å²) >= 11 is 0. The summed E-state index contributed by atoms with van der Waals surface area (Å²) in [5.74, 6) is 0.178. The molecular weight excluding hydrogens is 264 g/mol. The smallest absolute Gasteiger partial charge is 0.222 e. The molecule has 0 aromatic heterocycles. The maximum absolute atomic E-state index is 11.4. The second kappa shape index (κ2) is 11.6. The van der Waals surface area contributed by atoms with Crippen LogP contribution >= 0.6 is 0 Å². The first-order valence-electron chi connectivity index (χ1n) is 8.76. The van der Waals surface area contributed by atoms with E-state index in [4.69, 9.17) is 5.73 Å². The number of primary amides is 1. The van der Waals surface area contributed by atoms with Crippen LogP contribution in [0.3, 0.4) is 0 Å². The number of hydrogen-bond acceptors (Lipinski definition) is 2. The minimum Gasteiger partial charge on any atom is -0.370 e. The van der Waals surface area contributed by atoms with E-state index in [2.05, 4.69) is 0 Å². The van der Waals surface area contributed by atoms with Crippen molar-refractivity contribution in [1.29, 1.82) is 0 Å². The van der Waals surface area contributed by atoms with Gasteiger partial charge in [-0.05, 0) is 12.8 Å². The lowest BCUT2D eigenvalue weighted by atomic mass is 10.0. The molecule has 0 aromatic rings. The lowest BCUT2D eigenvalue weighted by molar-refractivity contribution is -0.125. The zero-order valence-electron chi connectivity index (χ0n) is 13.4. The Hall–Kier alpha value is -1.06. The summed E-state index contributed by atoms with van der Waals surface area (Å²) in [4.78, 5) is 23.9. The highest BCUT2D eigenvalue weighted by atomic mass is 16.2. The van der Waals surface area contributed by atoms with Crippen molar-refractivity contribution in [2.45, 2.75) is 83.5 Å². The van der Waals surface area contributed by atoms with Crippen LogP contribution in [0, 0.1) is 0 Å². The SMILES string of the molecule is NC(=O)CCCCCCCCCCCCCC(=O)N1CC1. The predicted molar refractivity (Wildman–Crippen MR) is 85.8 cm³/mol. The van der Waals surface area contributed by atoms with Gasteiger partial charge in [0.2, 0.25) is 11.8 Å². The summed E-state index contributed by atoms with van der Waals surface area (Å²) in [6.45, 7) is 1.97. The zero-order valence-corrected chi connectivity index (χ0v) is 13.4. The molecule has 2 amide bonds. The van der Waals surface area contributed by atoms with Gasteiger partial charge in [0, 0.05) is 25.9 Å². The molecule has 0 aromatic carbocycles. The van der Waals surface area contributed by atoms with E-state index in [1.807, 2.05) is 4.90 Å². The third kappa shape index (κ3) is 11.3. The minimum atomic E-state index is -0.175. The van der Waals surface area contributed by atoms with Gasteiger partial charge in [-0.15, -0.1) is 0 Å². The largest absolute Gasteiger partial charge is 0.370 e. The molecule has 1 fully saturated rings. The Bertz CT molecular complexity index is 301. The van der Waals surface area contributed by atoms with Gasteiger partial charge >= 0.3 is 0 Å². The Balaban J connectivity index is 1.68. The highest BCUT2D eigenvalue weighted by molar-refractivity contribution is 5.78. The van der Waals surface area contributed by atoms with Gasteiger partial charge in [0.1, 0.15) is 0 Å². The molecular formula is C17H32N2O2. The number of rotatable bonds is 14. The molecule has 2 N–H and O–H groups in total. The molecule has 0 spiro atoms. The monoisotopic (exact) mass is 296 g/mol. The Morgan fingerprint density at radius 2 is 1.05 bits per heavy atom. The van der Waals surface area contributed by atoms with Gasteiger partial charge in [-0.2, -0.15) is 0 Å². The second-order valence-electron chi connectivity index (χ2n) is 6.24. The maximum atomic E-state index is 11.4. The lowest BCUT2D eigenvalue weighted by Gasteiger charge is -2.03. The third-order valence-electron chi connectivity index (χ3n) is 4.11. The molecule has 4 nitrogen and oxygen atoms in total. The minimum absolute atomic E-state index is 0.175. The van der Waals surface area contributed by atoms with E-state index in [1.54, 1.807) is 0 Å². The van der Waals surface area contributed by atoms with Crippen LogP contribution in [0.5, 0.6) is 0 Å². The summed E-state index contributed by atoms with van der Waals surface area (Å²) in [6.07, 6.45) is 14.7. The Morgan fingerprint density at radius 1 is 0.667 bits per heavy atom. The van der Waals surface area contributed by atoms with Crippen LogP contribution in [0.2, 0.25) is 0 Å². The van der Waals surface area contributed by atoms with Gasteiger partial charge in [0.25, 0.3) is 0 Å². The Morgan fingerprint density at radius 3 is 1.43 bits per heavy atom. The Kier molecular flexibility index (Phi) is 9.92. The fourth-order valence-electron chi connectivity index (χ4n) is 2.62. The van der Waals surface area contributed by atoms with Gasteiger partial charge in [-0.25, -0.2) is 0 Å². The molecule has 4 heteroatoms.